The second kappa shape index (κ2) is 4.84. The molecule has 1 aromatic carbocycles. The van der Waals surface area contributed by atoms with Crippen LogP contribution in [-0.2, 0) is 19.1 Å². The second-order valence-electron chi connectivity index (χ2n) is 4.44. The molecular weight excluding hydrogens is 363 g/mol. The Hall–Kier alpha value is -1.57. The van der Waals surface area contributed by atoms with Crippen molar-refractivity contribution in [2.75, 3.05) is 0 Å². The molecule has 19 heavy (non-hydrogen) atoms. The van der Waals surface area contributed by atoms with Crippen LogP contribution in [0, 0.1) is 3.57 Å². The summed E-state index contributed by atoms with van der Waals surface area (Å²) in [4.78, 5) is 23.5. The van der Waals surface area contributed by atoms with Crippen LogP contribution in [-0.4, -0.2) is 22.8 Å². The van der Waals surface area contributed by atoms with Crippen LogP contribution in [0.1, 0.15) is 19.4 Å². The highest BCUT2D eigenvalue weighted by molar-refractivity contribution is 14.1. The van der Waals surface area contributed by atoms with Gasteiger partial charge in [0.25, 0.3) is 5.79 Å². The molecule has 6 heteroatoms. The Morgan fingerprint density at radius 1 is 1.21 bits per heavy atom. The maximum atomic E-state index is 11.8. The van der Waals surface area contributed by atoms with Gasteiger partial charge in [0.15, 0.2) is 0 Å². The number of rotatable bonds is 1. The summed E-state index contributed by atoms with van der Waals surface area (Å²) in [6.45, 7) is 2.97. The average Bonchev–Trinajstić information content (AvgIpc) is 2.26. The number of cyclic esters (lactones) is 2. The van der Waals surface area contributed by atoms with Crippen LogP contribution in [0.15, 0.2) is 23.8 Å². The summed E-state index contributed by atoms with van der Waals surface area (Å²) in [5, 5.41) is 9.42. The van der Waals surface area contributed by atoms with E-state index in [4.69, 9.17) is 9.47 Å². The molecule has 1 aliphatic heterocycles. The van der Waals surface area contributed by atoms with E-state index in [0.717, 1.165) is 3.57 Å². The molecule has 100 valence electrons. The lowest BCUT2D eigenvalue weighted by Crippen LogP contribution is -2.41. The number of esters is 2. The SMILES string of the molecule is CC1(C)OC(=O)C(=Cc2cc(O)ccc2I)C(=O)O1. The van der Waals surface area contributed by atoms with E-state index in [1.807, 2.05) is 22.6 Å². The van der Waals surface area contributed by atoms with Gasteiger partial charge in [0.1, 0.15) is 11.3 Å². The van der Waals surface area contributed by atoms with E-state index in [1.165, 1.54) is 32.1 Å². The number of carbonyl (C=O) groups is 2. The first-order chi connectivity index (χ1) is 8.78. The third kappa shape index (κ3) is 3.06. The first kappa shape index (κ1) is 13.9. The van der Waals surface area contributed by atoms with Gasteiger partial charge in [-0.25, -0.2) is 9.59 Å². The average molecular weight is 374 g/mol. The number of aromatic hydroxyl groups is 1. The van der Waals surface area contributed by atoms with Crippen LogP contribution in [0.4, 0.5) is 0 Å². The molecule has 0 bridgehead atoms. The molecule has 0 spiro atoms. The van der Waals surface area contributed by atoms with Crippen LogP contribution in [0.5, 0.6) is 5.75 Å². The molecule has 1 N–H and O–H groups in total. The predicted molar refractivity (Wildman–Crippen MR) is 75.1 cm³/mol. The molecule has 0 aromatic heterocycles. The van der Waals surface area contributed by atoms with E-state index >= 15 is 0 Å². The molecule has 1 fully saturated rings. The number of hydrogen-bond acceptors (Lipinski definition) is 5. The summed E-state index contributed by atoms with van der Waals surface area (Å²) in [6.07, 6.45) is 1.35. The Labute approximate surface area is 123 Å². The first-order valence-electron chi connectivity index (χ1n) is 5.45. The highest BCUT2D eigenvalue weighted by Crippen LogP contribution is 2.26. The van der Waals surface area contributed by atoms with Crippen molar-refractivity contribution in [3.63, 3.8) is 0 Å². The van der Waals surface area contributed by atoms with Gasteiger partial charge < -0.3 is 14.6 Å². The summed E-state index contributed by atoms with van der Waals surface area (Å²) in [7, 11) is 0. The van der Waals surface area contributed by atoms with Gasteiger partial charge in [-0.1, -0.05) is 0 Å². The maximum Gasteiger partial charge on any atom is 0.348 e. The number of phenolic OH excluding ortho intramolecular Hbond substituents is 1. The van der Waals surface area contributed by atoms with Crippen LogP contribution in [0.25, 0.3) is 6.08 Å². The van der Waals surface area contributed by atoms with Gasteiger partial charge in [0.05, 0.1) is 0 Å². The van der Waals surface area contributed by atoms with Crippen LogP contribution >= 0.6 is 22.6 Å². The fraction of sp³-hybridized carbons (Fsp3) is 0.231. The number of ether oxygens (including phenoxy) is 2. The van der Waals surface area contributed by atoms with Gasteiger partial charge in [-0.2, -0.15) is 0 Å². The van der Waals surface area contributed by atoms with E-state index < -0.39 is 17.7 Å². The minimum atomic E-state index is -1.25. The predicted octanol–water partition coefficient (Wildman–Crippen LogP) is 2.22. The Morgan fingerprint density at radius 2 is 1.79 bits per heavy atom. The van der Waals surface area contributed by atoms with E-state index in [9.17, 15) is 14.7 Å². The Morgan fingerprint density at radius 3 is 2.37 bits per heavy atom. The van der Waals surface area contributed by atoms with Crippen molar-refractivity contribution in [1.82, 2.24) is 0 Å². The minimum absolute atomic E-state index is 0.0464. The Balaban J connectivity index is 2.41. The molecule has 1 saturated heterocycles. The Kier molecular flexibility index (Phi) is 3.53. The standard InChI is InChI=1S/C13H11IO5/c1-13(2)18-11(16)9(12(17)19-13)6-7-5-8(15)3-4-10(7)14/h3-6,15H,1-2H3. The second-order valence-corrected chi connectivity index (χ2v) is 5.60. The lowest BCUT2D eigenvalue weighted by Gasteiger charge is -2.29. The van der Waals surface area contributed by atoms with E-state index in [0.29, 0.717) is 5.56 Å². The van der Waals surface area contributed by atoms with Gasteiger partial charge in [0, 0.05) is 17.4 Å². The van der Waals surface area contributed by atoms with Crippen LogP contribution in [0.2, 0.25) is 0 Å². The van der Waals surface area contributed by atoms with Gasteiger partial charge in [-0.15, -0.1) is 0 Å². The van der Waals surface area contributed by atoms with Crippen molar-refractivity contribution in [3.05, 3.63) is 32.9 Å². The molecule has 0 atom stereocenters. The lowest BCUT2D eigenvalue weighted by molar-refractivity contribution is -0.222. The third-order valence-electron chi connectivity index (χ3n) is 2.40. The summed E-state index contributed by atoms with van der Waals surface area (Å²) in [5.74, 6) is -2.68. The van der Waals surface area contributed by atoms with Crippen molar-refractivity contribution in [1.29, 1.82) is 0 Å². The third-order valence-corrected chi connectivity index (χ3v) is 3.38. The fourth-order valence-corrected chi connectivity index (χ4v) is 2.07. The van der Waals surface area contributed by atoms with Crippen molar-refractivity contribution >= 4 is 40.6 Å². The quantitative estimate of drug-likeness (QED) is 0.353. The molecular formula is C13H11IO5. The van der Waals surface area contributed by atoms with Crippen LogP contribution < -0.4 is 0 Å². The highest BCUT2D eigenvalue weighted by atomic mass is 127. The summed E-state index contributed by atoms with van der Waals surface area (Å²) >= 11 is 2.03. The van der Waals surface area contributed by atoms with Gasteiger partial charge in [-0.3, -0.25) is 0 Å². The summed E-state index contributed by atoms with van der Waals surface area (Å²) in [6, 6.07) is 4.64. The van der Waals surface area contributed by atoms with Gasteiger partial charge >= 0.3 is 11.9 Å². The number of benzene rings is 1. The largest absolute Gasteiger partial charge is 0.508 e. The van der Waals surface area contributed by atoms with Gasteiger partial charge in [0.2, 0.25) is 0 Å². The van der Waals surface area contributed by atoms with Crippen LogP contribution in [0.3, 0.4) is 0 Å². The first-order valence-corrected chi connectivity index (χ1v) is 6.53. The van der Waals surface area contributed by atoms with Crippen molar-refractivity contribution in [2.24, 2.45) is 0 Å². The molecule has 2 rings (SSSR count). The fourth-order valence-electron chi connectivity index (χ4n) is 1.58. The number of phenols is 1. The molecule has 0 saturated carbocycles. The smallest absolute Gasteiger partial charge is 0.348 e. The van der Waals surface area contributed by atoms with E-state index in [2.05, 4.69) is 0 Å². The van der Waals surface area contributed by atoms with Crippen molar-refractivity contribution in [3.8, 4) is 5.75 Å². The molecule has 0 aliphatic carbocycles. The molecule has 5 nitrogen and oxygen atoms in total. The molecule has 1 aliphatic rings. The summed E-state index contributed by atoms with van der Waals surface area (Å²) < 4.78 is 10.8. The van der Waals surface area contributed by atoms with E-state index in [1.54, 1.807) is 6.07 Å². The highest BCUT2D eigenvalue weighted by Gasteiger charge is 2.38. The molecule has 0 radical (unpaired) electrons. The number of carbonyl (C=O) groups excluding carboxylic acids is 2. The molecule has 1 aromatic rings. The number of hydrogen-bond donors (Lipinski definition) is 1. The minimum Gasteiger partial charge on any atom is -0.508 e. The molecule has 0 amide bonds. The maximum absolute atomic E-state index is 11.8. The zero-order valence-corrected chi connectivity index (χ0v) is 12.4. The number of halogens is 1. The normalized spacial score (nSPS) is 17.7. The monoisotopic (exact) mass is 374 g/mol. The topological polar surface area (TPSA) is 72.8 Å². The van der Waals surface area contributed by atoms with Crippen molar-refractivity contribution < 1.29 is 24.2 Å². The zero-order valence-electron chi connectivity index (χ0n) is 10.3. The zero-order chi connectivity index (χ0) is 14.2. The Bertz CT molecular complexity index is 567. The van der Waals surface area contributed by atoms with Gasteiger partial charge in [-0.05, 0) is 52.4 Å². The van der Waals surface area contributed by atoms with E-state index in [-0.39, 0.29) is 11.3 Å². The molecule has 1 heterocycles. The van der Waals surface area contributed by atoms with Crippen molar-refractivity contribution in [2.45, 2.75) is 19.6 Å². The lowest BCUT2D eigenvalue weighted by atomic mass is 10.1. The summed E-state index contributed by atoms with van der Waals surface area (Å²) in [5.41, 5.74) is 0.354. The molecule has 0 unspecified atom stereocenters.